The number of halogens is 1. The van der Waals surface area contributed by atoms with Gasteiger partial charge in [0, 0.05) is 60.4 Å². The number of nitrogens with zero attached hydrogens (tertiary/aromatic N) is 3. The zero-order chi connectivity index (χ0) is 27.2. The highest BCUT2D eigenvalue weighted by Gasteiger charge is 2.36. The second kappa shape index (κ2) is 12.7. The Kier molecular flexibility index (Phi) is 9.31. The normalized spacial score (nSPS) is 19.0. The Labute approximate surface area is 230 Å². The Bertz CT molecular complexity index is 1270. The van der Waals surface area contributed by atoms with Gasteiger partial charge in [0.1, 0.15) is 0 Å². The number of piperazine rings is 1. The number of para-hydroxylation sites is 1. The number of nitrogens with two attached hydrogens (primary N) is 3. The summed E-state index contributed by atoms with van der Waals surface area (Å²) in [6.07, 6.45) is 5.14. The topological polar surface area (TPSA) is 130 Å². The van der Waals surface area contributed by atoms with E-state index in [4.69, 9.17) is 28.8 Å². The van der Waals surface area contributed by atoms with Crippen molar-refractivity contribution in [1.29, 1.82) is 0 Å². The molecular weight excluding hydrogens is 498 g/mol. The standard InChI is InChI=1S/C29H40ClN7O/c1-19-14-23(30)10-9-21(19)15-26(31)28(38)37-17-20(2)36(18-24(37)6-5-12-34-29(32)33)13-11-22-16-35-27-8-4-3-7-25(22)27/h3-4,7-10,14,16,20,24,26,35H,5-6,11-13,15,17-18,31H2,1-2H3,(H4,32,33,34)/t20-,24+,26-/m1/s1. The summed E-state index contributed by atoms with van der Waals surface area (Å²) in [5.41, 5.74) is 22.1. The lowest BCUT2D eigenvalue weighted by Gasteiger charge is -2.46. The first-order valence-electron chi connectivity index (χ1n) is 13.4. The predicted molar refractivity (Wildman–Crippen MR) is 156 cm³/mol. The molecule has 9 heteroatoms. The third kappa shape index (κ3) is 6.87. The number of rotatable bonds is 10. The molecule has 1 aliphatic heterocycles. The number of carbonyl (C=O) groups excluding carboxylic acids is 1. The van der Waals surface area contributed by atoms with Crippen LogP contribution in [-0.2, 0) is 17.6 Å². The summed E-state index contributed by atoms with van der Waals surface area (Å²) >= 11 is 6.12. The van der Waals surface area contributed by atoms with Gasteiger partial charge in [0.25, 0.3) is 0 Å². The molecule has 3 aromatic rings. The number of nitrogens with one attached hydrogen (secondary N) is 1. The lowest BCUT2D eigenvalue weighted by atomic mass is 9.97. The van der Waals surface area contributed by atoms with Gasteiger partial charge in [0.2, 0.25) is 5.91 Å². The smallest absolute Gasteiger partial charge is 0.240 e. The second-order valence-corrected chi connectivity index (χ2v) is 10.9. The van der Waals surface area contributed by atoms with E-state index < -0.39 is 6.04 Å². The fraction of sp³-hybridized carbons (Fsp3) is 0.448. The van der Waals surface area contributed by atoms with E-state index in [1.165, 1.54) is 10.9 Å². The van der Waals surface area contributed by atoms with Gasteiger partial charge in [-0.15, -0.1) is 0 Å². The average molecular weight is 538 g/mol. The molecule has 2 aromatic carbocycles. The van der Waals surface area contributed by atoms with E-state index in [1.54, 1.807) is 0 Å². The monoisotopic (exact) mass is 537 g/mol. The molecule has 0 unspecified atom stereocenters. The van der Waals surface area contributed by atoms with Crippen molar-refractivity contribution in [3.8, 4) is 0 Å². The molecule has 204 valence electrons. The molecule has 1 amide bonds. The molecule has 0 radical (unpaired) electrons. The maximum atomic E-state index is 13.7. The molecule has 38 heavy (non-hydrogen) atoms. The summed E-state index contributed by atoms with van der Waals surface area (Å²) in [4.78, 5) is 25.7. The molecule has 2 heterocycles. The van der Waals surface area contributed by atoms with E-state index in [2.05, 4.69) is 46.2 Å². The van der Waals surface area contributed by atoms with Crippen LogP contribution in [-0.4, -0.2) is 71.0 Å². The Morgan fingerprint density at radius 1 is 1.18 bits per heavy atom. The number of aromatic amines is 1. The van der Waals surface area contributed by atoms with Crippen LogP contribution in [0.2, 0.25) is 5.02 Å². The van der Waals surface area contributed by atoms with Crippen molar-refractivity contribution < 1.29 is 4.79 Å². The third-order valence-corrected chi connectivity index (χ3v) is 7.88. The lowest BCUT2D eigenvalue weighted by Crippen LogP contribution is -2.62. The number of H-pyrrole nitrogens is 1. The molecule has 0 spiro atoms. The molecule has 1 aromatic heterocycles. The van der Waals surface area contributed by atoms with Crippen molar-refractivity contribution in [1.82, 2.24) is 14.8 Å². The largest absolute Gasteiger partial charge is 0.370 e. The van der Waals surface area contributed by atoms with Gasteiger partial charge in [-0.2, -0.15) is 0 Å². The molecule has 4 rings (SSSR count). The number of aromatic nitrogens is 1. The molecule has 8 nitrogen and oxygen atoms in total. The summed E-state index contributed by atoms with van der Waals surface area (Å²) in [5, 5.41) is 1.95. The number of benzene rings is 2. The van der Waals surface area contributed by atoms with E-state index in [9.17, 15) is 4.79 Å². The van der Waals surface area contributed by atoms with Gasteiger partial charge in [-0.25, -0.2) is 0 Å². The highest BCUT2D eigenvalue weighted by atomic mass is 35.5. The first kappa shape index (κ1) is 28.0. The van der Waals surface area contributed by atoms with Crippen LogP contribution >= 0.6 is 11.6 Å². The van der Waals surface area contributed by atoms with Gasteiger partial charge in [-0.3, -0.25) is 14.7 Å². The zero-order valence-corrected chi connectivity index (χ0v) is 23.1. The zero-order valence-electron chi connectivity index (χ0n) is 22.4. The molecule has 0 saturated carbocycles. The summed E-state index contributed by atoms with van der Waals surface area (Å²) in [5.74, 6) is 0.0882. The van der Waals surface area contributed by atoms with Gasteiger partial charge in [-0.05, 0) is 74.4 Å². The van der Waals surface area contributed by atoms with Gasteiger partial charge in [0.15, 0.2) is 5.96 Å². The van der Waals surface area contributed by atoms with Gasteiger partial charge >= 0.3 is 0 Å². The SMILES string of the molecule is Cc1cc(Cl)ccc1C[C@@H](N)C(=O)N1C[C@@H](C)N(CCc2c[nH]c3ccccc23)C[C@@H]1CCCN=C(N)N. The first-order chi connectivity index (χ1) is 18.2. The molecule has 3 atom stereocenters. The van der Waals surface area contributed by atoms with Crippen LogP contribution in [0, 0.1) is 6.92 Å². The Morgan fingerprint density at radius 2 is 1.97 bits per heavy atom. The maximum absolute atomic E-state index is 13.7. The fourth-order valence-corrected chi connectivity index (χ4v) is 5.72. The molecule has 1 saturated heterocycles. The van der Waals surface area contributed by atoms with Crippen molar-refractivity contribution >= 4 is 34.4 Å². The van der Waals surface area contributed by atoms with Crippen molar-refractivity contribution in [3.63, 3.8) is 0 Å². The maximum Gasteiger partial charge on any atom is 0.240 e. The minimum Gasteiger partial charge on any atom is -0.370 e. The van der Waals surface area contributed by atoms with Crippen LogP contribution in [0.1, 0.15) is 36.5 Å². The predicted octanol–water partition coefficient (Wildman–Crippen LogP) is 3.20. The summed E-state index contributed by atoms with van der Waals surface area (Å²) in [6, 6.07) is 13.8. The number of guanidine groups is 1. The summed E-state index contributed by atoms with van der Waals surface area (Å²) in [7, 11) is 0. The van der Waals surface area contributed by atoms with E-state index in [-0.39, 0.29) is 24.0 Å². The molecule has 1 fully saturated rings. The minimum atomic E-state index is -0.611. The quantitative estimate of drug-likeness (QED) is 0.179. The summed E-state index contributed by atoms with van der Waals surface area (Å²) < 4.78 is 0. The van der Waals surface area contributed by atoms with E-state index in [1.807, 2.05) is 36.1 Å². The first-order valence-corrected chi connectivity index (χ1v) is 13.8. The van der Waals surface area contributed by atoms with Crippen LogP contribution in [0.25, 0.3) is 10.9 Å². The number of carbonyl (C=O) groups is 1. The van der Waals surface area contributed by atoms with Crippen LogP contribution in [0.3, 0.4) is 0 Å². The second-order valence-electron chi connectivity index (χ2n) is 10.4. The van der Waals surface area contributed by atoms with Gasteiger partial charge in [-0.1, -0.05) is 35.9 Å². The number of amides is 1. The number of hydrogen-bond acceptors (Lipinski definition) is 4. The minimum absolute atomic E-state index is 0.00526. The van der Waals surface area contributed by atoms with E-state index in [0.29, 0.717) is 24.5 Å². The van der Waals surface area contributed by atoms with Crippen molar-refractivity contribution in [2.24, 2.45) is 22.2 Å². The Hall–Kier alpha value is -3.07. The molecule has 0 bridgehead atoms. The van der Waals surface area contributed by atoms with E-state index >= 15 is 0 Å². The van der Waals surface area contributed by atoms with Crippen LogP contribution in [0.4, 0.5) is 0 Å². The van der Waals surface area contributed by atoms with Crippen molar-refractivity contribution in [2.45, 2.75) is 57.7 Å². The average Bonchev–Trinajstić information content (AvgIpc) is 3.30. The molecule has 1 aliphatic rings. The van der Waals surface area contributed by atoms with Crippen LogP contribution in [0.5, 0.6) is 0 Å². The van der Waals surface area contributed by atoms with Crippen molar-refractivity contribution in [3.05, 3.63) is 70.4 Å². The van der Waals surface area contributed by atoms with Crippen LogP contribution in [0.15, 0.2) is 53.7 Å². The van der Waals surface area contributed by atoms with Gasteiger partial charge in [0.05, 0.1) is 6.04 Å². The number of fused-ring (bicyclic) bond motifs is 1. The Balaban J connectivity index is 1.45. The number of hydrogen-bond donors (Lipinski definition) is 4. The number of aryl methyl sites for hydroxylation is 1. The molecule has 0 aliphatic carbocycles. The number of aliphatic imine (C=N–C) groups is 1. The Morgan fingerprint density at radius 3 is 2.74 bits per heavy atom. The molecule has 7 N–H and O–H groups in total. The fourth-order valence-electron chi connectivity index (χ4n) is 5.49. The highest BCUT2D eigenvalue weighted by molar-refractivity contribution is 6.30. The van der Waals surface area contributed by atoms with E-state index in [0.717, 1.165) is 49.0 Å². The molecular formula is C29H40ClN7O. The highest BCUT2D eigenvalue weighted by Crippen LogP contribution is 2.24. The van der Waals surface area contributed by atoms with Crippen LogP contribution < -0.4 is 17.2 Å². The third-order valence-electron chi connectivity index (χ3n) is 7.65. The summed E-state index contributed by atoms with van der Waals surface area (Å²) in [6.45, 7) is 7.10. The van der Waals surface area contributed by atoms with Gasteiger partial charge < -0.3 is 27.1 Å². The lowest BCUT2D eigenvalue weighted by molar-refractivity contribution is -0.139. The van der Waals surface area contributed by atoms with Crippen molar-refractivity contribution in [2.75, 3.05) is 26.2 Å².